The zero-order chi connectivity index (χ0) is 19.2. The van der Waals surface area contributed by atoms with Crippen LogP contribution >= 0.6 is 0 Å². The molecule has 3 aromatic rings. The van der Waals surface area contributed by atoms with Crippen LogP contribution in [0.4, 0.5) is 5.69 Å². The van der Waals surface area contributed by atoms with Crippen molar-refractivity contribution in [2.75, 3.05) is 26.0 Å². The van der Waals surface area contributed by atoms with Crippen molar-refractivity contribution in [2.24, 2.45) is 0 Å². The Morgan fingerprint density at radius 3 is 2.48 bits per heavy atom. The van der Waals surface area contributed by atoms with Gasteiger partial charge in [-0.05, 0) is 47.6 Å². The van der Waals surface area contributed by atoms with Crippen LogP contribution in [0.15, 0.2) is 66.7 Å². The third-order valence-electron chi connectivity index (χ3n) is 4.32. The van der Waals surface area contributed by atoms with E-state index in [2.05, 4.69) is 41.0 Å². The lowest BCUT2D eigenvalue weighted by atomic mass is 10.1. The number of rotatable bonds is 6. The van der Waals surface area contributed by atoms with E-state index in [0.717, 1.165) is 5.56 Å². The fraction of sp³-hybridized carbons (Fsp3) is 0.182. The van der Waals surface area contributed by atoms with E-state index in [-0.39, 0.29) is 18.4 Å². The molecule has 3 aromatic carbocycles. The smallest absolute Gasteiger partial charge is 0.251 e. The molecule has 0 aromatic heterocycles. The minimum Gasteiger partial charge on any atom is -0.355 e. The molecule has 0 aliphatic rings. The molecular formula is C22H23N3O2. The molecule has 0 atom stereocenters. The third kappa shape index (κ3) is 4.92. The number of nitrogens with zero attached hydrogens (tertiary/aromatic N) is 1. The van der Waals surface area contributed by atoms with Crippen molar-refractivity contribution in [2.45, 2.75) is 6.54 Å². The Bertz CT molecular complexity index is 968. The van der Waals surface area contributed by atoms with Crippen LogP contribution in [0.2, 0.25) is 0 Å². The van der Waals surface area contributed by atoms with Crippen molar-refractivity contribution in [1.82, 2.24) is 10.2 Å². The van der Waals surface area contributed by atoms with Gasteiger partial charge in [-0.2, -0.15) is 0 Å². The van der Waals surface area contributed by atoms with Gasteiger partial charge in [0.05, 0.1) is 6.54 Å². The number of amides is 2. The molecular weight excluding hydrogens is 338 g/mol. The van der Waals surface area contributed by atoms with Gasteiger partial charge >= 0.3 is 0 Å². The summed E-state index contributed by atoms with van der Waals surface area (Å²) in [6.07, 6.45) is 0. The predicted molar refractivity (Wildman–Crippen MR) is 109 cm³/mol. The number of carbonyl (C=O) groups is 2. The normalized spacial score (nSPS) is 10.8. The van der Waals surface area contributed by atoms with Crippen molar-refractivity contribution >= 4 is 28.3 Å². The van der Waals surface area contributed by atoms with Gasteiger partial charge in [0.15, 0.2) is 0 Å². The van der Waals surface area contributed by atoms with E-state index in [1.165, 1.54) is 10.8 Å². The molecule has 138 valence electrons. The van der Waals surface area contributed by atoms with Crippen LogP contribution < -0.4 is 10.6 Å². The van der Waals surface area contributed by atoms with Gasteiger partial charge in [-0.15, -0.1) is 0 Å². The SMILES string of the molecule is CNC(=O)c1cccc(NC(=O)CN(C)Cc2ccc3ccccc3c2)c1. The van der Waals surface area contributed by atoms with Crippen molar-refractivity contribution in [3.8, 4) is 0 Å². The Morgan fingerprint density at radius 2 is 1.70 bits per heavy atom. The van der Waals surface area contributed by atoms with Gasteiger partial charge in [-0.1, -0.05) is 42.5 Å². The first kappa shape index (κ1) is 18.6. The molecule has 2 amide bonds. The summed E-state index contributed by atoms with van der Waals surface area (Å²) in [5.74, 6) is -0.299. The van der Waals surface area contributed by atoms with Gasteiger partial charge < -0.3 is 10.6 Å². The number of hydrogen-bond acceptors (Lipinski definition) is 3. The van der Waals surface area contributed by atoms with Gasteiger partial charge in [0.1, 0.15) is 0 Å². The Hall–Kier alpha value is -3.18. The van der Waals surface area contributed by atoms with Gasteiger partial charge in [0.2, 0.25) is 5.91 Å². The first-order valence-corrected chi connectivity index (χ1v) is 8.83. The van der Waals surface area contributed by atoms with Gasteiger partial charge in [-0.25, -0.2) is 0 Å². The van der Waals surface area contributed by atoms with Crippen LogP contribution in [-0.4, -0.2) is 37.4 Å². The lowest BCUT2D eigenvalue weighted by Crippen LogP contribution is -2.30. The summed E-state index contributed by atoms with van der Waals surface area (Å²) in [6.45, 7) is 0.938. The summed E-state index contributed by atoms with van der Waals surface area (Å²) in [5, 5.41) is 7.82. The van der Waals surface area contributed by atoms with Crippen molar-refractivity contribution in [3.63, 3.8) is 0 Å². The number of likely N-dealkylation sites (N-methyl/N-ethyl adjacent to an activating group) is 1. The Balaban J connectivity index is 1.59. The van der Waals surface area contributed by atoms with E-state index in [0.29, 0.717) is 17.8 Å². The number of benzene rings is 3. The minimum absolute atomic E-state index is 0.118. The van der Waals surface area contributed by atoms with E-state index in [9.17, 15) is 9.59 Å². The second-order valence-corrected chi connectivity index (χ2v) is 6.56. The summed E-state index contributed by atoms with van der Waals surface area (Å²) < 4.78 is 0. The summed E-state index contributed by atoms with van der Waals surface area (Å²) in [7, 11) is 3.49. The lowest BCUT2D eigenvalue weighted by molar-refractivity contribution is -0.117. The molecule has 0 radical (unpaired) electrons. The van der Waals surface area contributed by atoms with Gasteiger partial charge in [0.25, 0.3) is 5.91 Å². The van der Waals surface area contributed by atoms with Crippen LogP contribution in [0.5, 0.6) is 0 Å². The van der Waals surface area contributed by atoms with Crippen LogP contribution in [-0.2, 0) is 11.3 Å². The number of hydrogen-bond donors (Lipinski definition) is 2. The van der Waals surface area contributed by atoms with Crippen molar-refractivity contribution in [3.05, 3.63) is 77.9 Å². The van der Waals surface area contributed by atoms with Crippen LogP contribution in [0, 0.1) is 0 Å². The summed E-state index contributed by atoms with van der Waals surface area (Å²) in [5.41, 5.74) is 2.28. The molecule has 0 bridgehead atoms. The molecule has 0 fully saturated rings. The molecule has 0 aliphatic carbocycles. The standard InChI is InChI=1S/C22H23N3O2/c1-23-22(27)19-8-5-9-20(13-19)24-21(26)15-25(2)14-16-10-11-17-6-3-4-7-18(17)12-16/h3-13H,14-15H2,1-2H3,(H,23,27)(H,24,26). The minimum atomic E-state index is -0.181. The maximum absolute atomic E-state index is 12.3. The van der Waals surface area contributed by atoms with Crippen LogP contribution in [0.25, 0.3) is 10.8 Å². The lowest BCUT2D eigenvalue weighted by Gasteiger charge is -2.17. The molecule has 2 N–H and O–H groups in total. The Labute approximate surface area is 159 Å². The highest BCUT2D eigenvalue weighted by Gasteiger charge is 2.10. The van der Waals surface area contributed by atoms with Gasteiger partial charge in [-0.3, -0.25) is 14.5 Å². The second kappa shape index (κ2) is 8.47. The Kier molecular flexibility index (Phi) is 5.84. The number of anilines is 1. The summed E-state index contributed by atoms with van der Waals surface area (Å²) >= 11 is 0. The second-order valence-electron chi connectivity index (χ2n) is 6.56. The van der Waals surface area contributed by atoms with Crippen LogP contribution in [0.1, 0.15) is 15.9 Å². The summed E-state index contributed by atoms with van der Waals surface area (Å²) in [4.78, 5) is 26.0. The molecule has 5 heteroatoms. The molecule has 0 spiro atoms. The highest BCUT2D eigenvalue weighted by atomic mass is 16.2. The molecule has 5 nitrogen and oxygen atoms in total. The maximum Gasteiger partial charge on any atom is 0.251 e. The fourth-order valence-corrected chi connectivity index (χ4v) is 3.03. The average Bonchev–Trinajstić information content (AvgIpc) is 2.67. The number of nitrogens with one attached hydrogen (secondary N) is 2. The Morgan fingerprint density at radius 1 is 0.926 bits per heavy atom. The zero-order valence-electron chi connectivity index (χ0n) is 15.5. The topological polar surface area (TPSA) is 61.4 Å². The van der Waals surface area contributed by atoms with Crippen molar-refractivity contribution < 1.29 is 9.59 Å². The van der Waals surface area contributed by atoms with Gasteiger partial charge in [0, 0.05) is 24.8 Å². The quantitative estimate of drug-likeness (QED) is 0.708. The average molecular weight is 361 g/mol. The molecule has 0 heterocycles. The largest absolute Gasteiger partial charge is 0.355 e. The van der Waals surface area contributed by atoms with E-state index in [1.54, 1.807) is 31.3 Å². The number of carbonyl (C=O) groups excluding carboxylic acids is 2. The van der Waals surface area contributed by atoms with Crippen LogP contribution in [0.3, 0.4) is 0 Å². The van der Waals surface area contributed by atoms with E-state index < -0.39 is 0 Å². The van der Waals surface area contributed by atoms with E-state index in [4.69, 9.17) is 0 Å². The third-order valence-corrected chi connectivity index (χ3v) is 4.32. The summed E-state index contributed by atoms with van der Waals surface area (Å²) in [6, 6.07) is 21.5. The van der Waals surface area contributed by atoms with Crippen molar-refractivity contribution in [1.29, 1.82) is 0 Å². The molecule has 27 heavy (non-hydrogen) atoms. The predicted octanol–water partition coefficient (Wildman–Crippen LogP) is 3.27. The molecule has 0 saturated carbocycles. The highest BCUT2D eigenvalue weighted by Crippen LogP contribution is 2.16. The molecule has 3 rings (SSSR count). The van der Waals surface area contributed by atoms with E-state index in [1.807, 2.05) is 24.1 Å². The van der Waals surface area contributed by atoms with E-state index >= 15 is 0 Å². The molecule has 0 aliphatic heterocycles. The first-order chi connectivity index (χ1) is 13.0. The molecule has 0 saturated heterocycles. The zero-order valence-corrected chi connectivity index (χ0v) is 15.5. The highest BCUT2D eigenvalue weighted by molar-refractivity contribution is 5.97. The maximum atomic E-state index is 12.3. The number of fused-ring (bicyclic) bond motifs is 1. The molecule has 0 unspecified atom stereocenters. The first-order valence-electron chi connectivity index (χ1n) is 8.83. The monoisotopic (exact) mass is 361 g/mol. The fourth-order valence-electron chi connectivity index (χ4n) is 3.03.